The van der Waals surface area contributed by atoms with Gasteiger partial charge in [0, 0.05) is 26.2 Å². The van der Waals surface area contributed by atoms with E-state index in [9.17, 15) is 0 Å². The smallest absolute Gasteiger partial charge is 0.0702 e. The Kier molecular flexibility index (Phi) is 5.17. The maximum absolute atomic E-state index is 5.70. The molecule has 18 heavy (non-hydrogen) atoms. The number of rotatable bonds is 6. The number of hydrogen-bond donors (Lipinski definition) is 1. The van der Waals surface area contributed by atoms with Gasteiger partial charge in [-0.05, 0) is 30.5 Å². The molecule has 1 aromatic rings. The van der Waals surface area contributed by atoms with E-state index in [1.54, 1.807) is 0 Å². The highest BCUT2D eigenvalue weighted by molar-refractivity contribution is 5.22. The standard InChI is InChI=1S/C15H24N2O/c1-2-17(12-15-4-3-9-18-15)11-14-7-5-13(10-16)6-8-14/h5-8,15H,2-4,9-12,16H2,1H3. The molecule has 100 valence electrons. The fraction of sp³-hybridized carbons (Fsp3) is 0.600. The summed E-state index contributed by atoms with van der Waals surface area (Å²) < 4.78 is 5.70. The first-order valence-electron chi connectivity index (χ1n) is 6.93. The van der Waals surface area contributed by atoms with Gasteiger partial charge in [0.25, 0.3) is 0 Å². The number of ether oxygens (including phenoxy) is 1. The van der Waals surface area contributed by atoms with E-state index in [1.165, 1.54) is 24.0 Å². The van der Waals surface area contributed by atoms with Crippen molar-refractivity contribution in [2.75, 3.05) is 19.7 Å². The second-order valence-electron chi connectivity index (χ2n) is 4.98. The maximum Gasteiger partial charge on any atom is 0.0702 e. The molecule has 2 N–H and O–H groups in total. The molecule has 3 nitrogen and oxygen atoms in total. The van der Waals surface area contributed by atoms with Crippen molar-refractivity contribution < 1.29 is 4.74 Å². The van der Waals surface area contributed by atoms with E-state index in [4.69, 9.17) is 10.5 Å². The molecule has 0 aliphatic carbocycles. The Balaban J connectivity index is 1.87. The molecule has 3 heteroatoms. The Morgan fingerprint density at radius 3 is 2.56 bits per heavy atom. The lowest BCUT2D eigenvalue weighted by molar-refractivity contribution is 0.0725. The fourth-order valence-electron chi connectivity index (χ4n) is 2.42. The van der Waals surface area contributed by atoms with E-state index in [-0.39, 0.29) is 0 Å². The van der Waals surface area contributed by atoms with E-state index in [2.05, 4.69) is 36.1 Å². The monoisotopic (exact) mass is 248 g/mol. The molecule has 1 aromatic carbocycles. The zero-order valence-electron chi connectivity index (χ0n) is 11.3. The molecule has 0 amide bonds. The van der Waals surface area contributed by atoms with Crippen LogP contribution in [0.1, 0.15) is 30.9 Å². The van der Waals surface area contributed by atoms with Gasteiger partial charge < -0.3 is 10.5 Å². The summed E-state index contributed by atoms with van der Waals surface area (Å²) in [6, 6.07) is 8.60. The first-order valence-corrected chi connectivity index (χ1v) is 6.93. The van der Waals surface area contributed by atoms with Crippen LogP contribution in [0.3, 0.4) is 0 Å². The van der Waals surface area contributed by atoms with Gasteiger partial charge in [-0.3, -0.25) is 4.90 Å². The zero-order valence-corrected chi connectivity index (χ0v) is 11.3. The van der Waals surface area contributed by atoms with Crippen LogP contribution in [0.2, 0.25) is 0 Å². The van der Waals surface area contributed by atoms with Gasteiger partial charge in [-0.1, -0.05) is 31.2 Å². The van der Waals surface area contributed by atoms with Crippen molar-refractivity contribution >= 4 is 0 Å². The third-order valence-corrected chi connectivity index (χ3v) is 3.60. The number of nitrogens with two attached hydrogens (primary N) is 1. The third-order valence-electron chi connectivity index (χ3n) is 3.60. The Hall–Kier alpha value is -0.900. The predicted octanol–water partition coefficient (Wildman–Crippen LogP) is 2.15. The maximum atomic E-state index is 5.70. The van der Waals surface area contributed by atoms with Gasteiger partial charge in [-0.15, -0.1) is 0 Å². The van der Waals surface area contributed by atoms with Crippen molar-refractivity contribution in [3.63, 3.8) is 0 Å². The number of hydrogen-bond acceptors (Lipinski definition) is 3. The molecular formula is C15H24N2O. The van der Waals surface area contributed by atoms with Crippen molar-refractivity contribution in [3.8, 4) is 0 Å². The summed E-state index contributed by atoms with van der Waals surface area (Å²) >= 11 is 0. The first-order chi connectivity index (χ1) is 8.81. The summed E-state index contributed by atoms with van der Waals surface area (Å²) in [6.07, 6.45) is 2.86. The second-order valence-corrected chi connectivity index (χ2v) is 4.98. The molecule has 0 radical (unpaired) electrons. The van der Waals surface area contributed by atoms with Gasteiger partial charge in [0.1, 0.15) is 0 Å². The topological polar surface area (TPSA) is 38.5 Å². The summed E-state index contributed by atoms with van der Waals surface area (Å²) in [5, 5.41) is 0. The van der Waals surface area contributed by atoms with Crippen molar-refractivity contribution in [2.45, 2.75) is 39.0 Å². The Morgan fingerprint density at radius 2 is 2.00 bits per heavy atom. The lowest BCUT2D eigenvalue weighted by Gasteiger charge is -2.23. The van der Waals surface area contributed by atoms with Gasteiger partial charge in [-0.25, -0.2) is 0 Å². The van der Waals surface area contributed by atoms with E-state index >= 15 is 0 Å². The lowest BCUT2D eigenvalue weighted by Crippen LogP contribution is -2.31. The van der Waals surface area contributed by atoms with Crippen LogP contribution in [0.15, 0.2) is 24.3 Å². The van der Waals surface area contributed by atoms with Crippen LogP contribution in [0, 0.1) is 0 Å². The van der Waals surface area contributed by atoms with Gasteiger partial charge in [0.2, 0.25) is 0 Å². The molecule has 1 aliphatic heterocycles. The van der Waals surface area contributed by atoms with Crippen molar-refractivity contribution in [1.29, 1.82) is 0 Å². The van der Waals surface area contributed by atoms with Gasteiger partial charge in [0.05, 0.1) is 6.10 Å². The molecule has 0 aromatic heterocycles. The van der Waals surface area contributed by atoms with E-state index < -0.39 is 0 Å². The summed E-state index contributed by atoms with van der Waals surface area (Å²) in [6.45, 7) is 6.89. The molecule has 0 bridgehead atoms. The number of likely N-dealkylation sites (N-methyl/N-ethyl adjacent to an activating group) is 1. The molecule has 2 rings (SSSR count). The van der Waals surface area contributed by atoms with Crippen LogP contribution in [0.25, 0.3) is 0 Å². The van der Waals surface area contributed by atoms with Crippen LogP contribution in [0.5, 0.6) is 0 Å². The van der Waals surface area contributed by atoms with Crippen molar-refractivity contribution in [2.24, 2.45) is 5.73 Å². The lowest BCUT2D eigenvalue weighted by atomic mass is 10.1. The molecule has 1 fully saturated rings. The van der Waals surface area contributed by atoms with Gasteiger partial charge in [-0.2, -0.15) is 0 Å². The fourth-order valence-corrected chi connectivity index (χ4v) is 2.42. The quantitative estimate of drug-likeness (QED) is 0.838. The van der Waals surface area contributed by atoms with Crippen molar-refractivity contribution in [1.82, 2.24) is 4.90 Å². The summed E-state index contributed by atoms with van der Waals surface area (Å²) in [7, 11) is 0. The molecule has 1 atom stereocenters. The molecule has 0 saturated carbocycles. The van der Waals surface area contributed by atoms with Gasteiger partial charge in [0.15, 0.2) is 0 Å². The average molecular weight is 248 g/mol. The van der Waals surface area contributed by atoms with Crippen molar-refractivity contribution in [3.05, 3.63) is 35.4 Å². The SMILES string of the molecule is CCN(Cc1ccc(CN)cc1)CC1CCCO1. The van der Waals surface area contributed by atoms with Crippen LogP contribution in [0.4, 0.5) is 0 Å². The summed E-state index contributed by atoms with van der Waals surface area (Å²) in [4.78, 5) is 2.45. The van der Waals surface area contributed by atoms with Crippen LogP contribution < -0.4 is 5.73 Å². The highest BCUT2D eigenvalue weighted by Gasteiger charge is 2.18. The molecule has 1 heterocycles. The number of benzene rings is 1. The predicted molar refractivity (Wildman–Crippen MR) is 74.3 cm³/mol. The molecule has 1 saturated heterocycles. The average Bonchev–Trinajstić information content (AvgIpc) is 2.91. The second kappa shape index (κ2) is 6.88. The Morgan fingerprint density at radius 1 is 1.28 bits per heavy atom. The largest absolute Gasteiger partial charge is 0.377 e. The third kappa shape index (κ3) is 3.80. The Bertz CT molecular complexity index is 344. The normalized spacial score (nSPS) is 19.6. The van der Waals surface area contributed by atoms with Crippen LogP contribution >= 0.6 is 0 Å². The highest BCUT2D eigenvalue weighted by Crippen LogP contribution is 2.15. The molecule has 1 unspecified atom stereocenters. The molecule has 1 aliphatic rings. The summed E-state index contributed by atoms with van der Waals surface area (Å²) in [5.41, 5.74) is 8.16. The summed E-state index contributed by atoms with van der Waals surface area (Å²) in [5.74, 6) is 0. The first kappa shape index (κ1) is 13.5. The Labute approximate surface area is 110 Å². The zero-order chi connectivity index (χ0) is 12.8. The minimum atomic E-state index is 0.438. The van der Waals surface area contributed by atoms with E-state index in [0.717, 1.165) is 26.2 Å². The van der Waals surface area contributed by atoms with Crippen LogP contribution in [-0.4, -0.2) is 30.7 Å². The number of nitrogens with zero attached hydrogens (tertiary/aromatic N) is 1. The molecular weight excluding hydrogens is 224 g/mol. The van der Waals surface area contributed by atoms with E-state index in [0.29, 0.717) is 12.6 Å². The molecule has 0 spiro atoms. The van der Waals surface area contributed by atoms with E-state index in [1.807, 2.05) is 0 Å². The minimum absolute atomic E-state index is 0.438. The van der Waals surface area contributed by atoms with Crippen LogP contribution in [-0.2, 0) is 17.8 Å². The minimum Gasteiger partial charge on any atom is -0.377 e. The van der Waals surface area contributed by atoms with Gasteiger partial charge >= 0.3 is 0 Å². The highest BCUT2D eigenvalue weighted by atomic mass is 16.5.